The van der Waals surface area contributed by atoms with Gasteiger partial charge in [0.25, 0.3) is 0 Å². The summed E-state index contributed by atoms with van der Waals surface area (Å²) < 4.78 is 10.2. The predicted molar refractivity (Wildman–Crippen MR) is 93.3 cm³/mol. The lowest BCUT2D eigenvalue weighted by Gasteiger charge is -2.10. The second kappa shape index (κ2) is 10.5. The molecule has 21 heavy (non-hydrogen) atoms. The molecule has 1 aromatic rings. The van der Waals surface area contributed by atoms with Crippen molar-refractivity contribution in [3.8, 4) is 0 Å². The Labute approximate surface area is 142 Å². The molecule has 6 nitrogen and oxygen atoms in total. The van der Waals surface area contributed by atoms with Crippen LogP contribution in [0, 0.1) is 6.92 Å². The van der Waals surface area contributed by atoms with E-state index in [4.69, 9.17) is 4.42 Å². The highest BCUT2D eigenvalue weighted by atomic mass is 127. The molecule has 0 amide bonds. The van der Waals surface area contributed by atoms with Gasteiger partial charge in [0.05, 0.1) is 13.7 Å². The summed E-state index contributed by atoms with van der Waals surface area (Å²) >= 11 is 0. The molecule has 0 fully saturated rings. The van der Waals surface area contributed by atoms with Gasteiger partial charge in [0.1, 0.15) is 17.1 Å². The third-order valence-electron chi connectivity index (χ3n) is 2.85. The van der Waals surface area contributed by atoms with Gasteiger partial charge in [0.15, 0.2) is 5.96 Å². The average molecular weight is 409 g/mol. The van der Waals surface area contributed by atoms with Crippen molar-refractivity contribution in [1.29, 1.82) is 0 Å². The minimum Gasteiger partial charge on any atom is -0.465 e. The average Bonchev–Trinajstić information content (AvgIpc) is 2.83. The standard InChI is InChI=1S/C14H23N3O3.HI/c1-5-6-7-16-14(15-3)17-9-11-8-12(10(2)20-11)13(18)19-4;/h8H,5-7,9H2,1-4H3,(H2,15,16,17);1H. The molecular weight excluding hydrogens is 385 g/mol. The summed E-state index contributed by atoms with van der Waals surface area (Å²) in [5.41, 5.74) is 0.457. The van der Waals surface area contributed by atoms with Crippen molar-refractivity contribution in [1.82, 2.24) is 10.6 Å². The lowest BCUT2D eigenvalue weighted by Crippen LogP contribution is -2.37. The third kappa shape index (κ3) is 6.36. The van der Waals surface area contributed by atoms with Crippen LogP contribution in [0.5, 0.6) is 0 Å². The number of furan rings is 1. The van der Waals surface area contributed by atoms with Crippen LogP contribution < -0.4 is 10.6 Å². The number of nitrogens with one attached hydrogen (secondary N) is 2. The fraction of sp³-hybridized carbons (Fsp3) is 0.571. The first-order valence-corrected chi connectivity index (χ1v) is 6.74. The molecule has 0 aliphatic rings. The van der Waals surface area contributed by atoms with Crippen LogP contribution in [0.15, 0.2) is 15.5 Å². The zero-order valence-electron chi connectivity index (χ0n) is 13.0. The number of methoxy groups -OCH3 is 1. The van der Waals surface area contributed by atoms with Crippen molar-refractivity contribution < 1.29 is 13.9 Å². The molecule has 0 radical (unpaired) electrons. The van der Waals surface area contributed by atoms with E-state index in [1.54, 1.807) is 20.0 Å². The molecule has 120 valence electrons. The summed E-state index contributed by atoms with van der Waals surface area (Å²) in [4.78, 5) is 15.6. The third-order valence-corrected chi connectivity index (χ3v) is 2.85. The van der Waals surface area contributed by atoms with Gasteiger partial charge in [-0.3, -0.25) is 4.99 Å². The topological polar surface area (TPSA) is 75.9 Å². The number of unbranched alkanes of at least 4 members (excludes halogenated alkanes) is 1. The van der Waals surface area contributed by atoms with Gasteiger partial charge in [-0.15, -0.1) is 24.0 Å². The highest BCUT2D eigenvalue weighted by Gasteiger charge is 2.15. The molecule has 7 heteroatoms. The number of aliphatic imine (C=N–C) groups is 1. The highest BCUT2D eigenvalue weighted by molar-refractivity contribution is 14.0. The summed E-state index contributed by atoms with van der Waals surface area (Å²) in [5, 5.41) is 6.34. The van der Waals surface area contributed by atoms with Gasteiger partial charge in [-0.2, -0.15) is 0 Å². The summed E-state index contributed by atoms with van der Waals surface area (Å²) in [6, 6.07) is 1.69. The molecule has 1 rings (SSSR count). The first-order chi connectivity index (χ1) is 9.62. The molecule has 0 saturated heterocycles. The first kappa shape index (κ1) is 19.8. The van der Waals surface area contributed by atoms with E-state index in [1.165, 1.54) is 7.11 Å². The van der Waals surface area contributed by atoms with Crippen LogP contribution in [0.1, 0.15) is 41.6 Å². The zero-order valence-corrected chi connectivity index (χ0v) is 15.3. The number of hydrogen-bond donors (Lipinski definition) is 2. The van der Waals surface area contributed by atoms with Crippen molar-refractivity contribution >= 4 is 35.9 Å². The van der Waals surface area contributed by atoms with Crippen LogP contribution in [0.2, 0.25) is 0 Å². The van der Waals surface area contributed by atoms with Crippen molar-refractivity contribution in [2.24, 2.45) is 4.99 Å². The number of ether oxygens (including phenoxy) is 1. The Bertz CT molecular complexity index is 472. The van der Waals surface area contributed by atoms with Gasteiger partial charge in [-0.25, -0.2) is 4.79 Å². The predicted octanol–water partition coefficient (Wildman–Crippen LogP) is 2.46. The van der Waals surface area contributed by atoms with Gasteiger partial charge >= 0.3 is 5.97 Å². The Balaban J connectivity index is 0.00000400. The molecule has 2 N–H and O–H groups in total. The zero-order chi connectivity index (χ0) is 15.0. The molecule has 0 aromatic carbocycles. The summed E-state index contributed by atoms with van der Waals surface area (Å²) in [5.74, 6) is 1.55. The van der Waals surface area contributed by atoms with E-state index < -0.39 is 0 Å². The van der Waals surface area contributed by atoms with E-state index in [0.29, 0.717) is 29.6 Å². The first-order valence-electron chi connectivity index (χ1n) is 6.74. The van der Waals surface area contributed by atoms with Crippen molar-refractivity contribution in [3.05, 3.63) is 23.2 Å². The number of aryl methyl sites for hydroxylation is 1. The molecule has 0 bridgehead atoms. The van der Waals surface area contributed by atoms with Gasteiger partial charge in [-0.05, 0) is 19.4 Å². The van der Waals surface area contributed by atoms with E-state index in [9.17, 15) is 4.79 Å². The lowest BCUT2D eigenvalue weighted by molar-refractivity contribution is 0.0599. The van der Waals surface area contributed by atoms with Crippen molar-refractivity contribution in [2.75, 3.05) is 20.7 Å². The fourth-order valence-electron chi connectivity index (χ4n) is 1.72. The lowest BCUT2D eigenvalue weighted by atomic mass is 10.2. The smallest absolute Gasteiger partial charge is 0.341 e. The number of guanidine groups is 1. The molecule has 0 atom stereocenters. The maximum Gasteiger partial charge on any atom is 0.341 e. The maximum atomic E-state index is 11.5. The van der Waals surface area contributed by atoms with E-state index in [2.05, 4.69) is 27.3 Å². The second-order valence-electron chi connectivity index (χ2n) is 4.38. The number of halogens is 1. The second-order valence-corrected chi connectivity index (χ2v) is 4.38. The SMILES string of the molecule is CCCCNC(=NC)NCc1cc(C(=O)OC)c(C)o1.I. The fourth-order valence-corrected chi connectivity index (χ4v) is 1.72. The van der Waals surface area contributed by atoms with Gasteiger partial charge in [-0.1, -0.05) is 13.3 Å². The Kier molecular flexibility index (Phi) is 9.85. The van der Waals surface area contributed by atoms with Gasteiger partial charge in [0, 0.05) is 13.6 Å². The Morgan fingerprint density at radius 1 is 1.43 bits per heavy atom. The molecule has 0 unspecified atom stereocenters. The van der Waals surface area contributed by atoms with Crippen LogP contribution in [0.25, 0.3) is 0 Å². The van der Waals surface area contributed by atoms with E-state index in [-0.39, 0.29) is 29.9 Å². The van der Waals surface area contributed by atoms with Gasteiger partial charge < -0.3 is 19.8 Å². The number of carbonyl (C=O) groups is 1. The number of esters is 1. The minimum atomic E-state index is -0.386. The molecule has 1 aromatic heterocycles. The van der Waals surface area contributed by atoms with Crippen LogP contribution >= 0.6 is 24.0 Å². The molecule has 0 spiro atoms. The Hall–Kier alpha value is -1.25. The molecule has 0 saturated carbocycles. The largest absolute Gasteiger partial charge is 0.465 e. The normalized spacial score (nSPS) is 10.8. The quantitative estimate of drug-likeness (QED) is 0.248. The number of rotatable bonds is 6. The highest BCUT2D eigenvalue weighted by Crippen LogP contribution is 2.15. The van der Waals surface area contributed by atoms with Crippen molar-refractivity contribution in [2.45, 2.75) is 33.2 Å². The maximum absolute atomic E-state index is 11.5. The molecular formula is C14H24IN3O3. The number of carbonyl (C=O) groups excluding carboxylic acids is 1. The Morgan fingerprint density at radius 3 is 2.71 bits per heavy atom. The monoisotopic (exact) mass is 409 g/mol. The number of nitrogens with zero attached hydrogens (tertiary/aromatic N) is 1. The van der Waals surface area contributed by atoms with E-state index >= 15 is 0 Å². The van der Waals surface area contributed by atoms with Crippen LogP contribution in [0.4, 0.5) is 0 Å². The summed E-state index contributed by atoms with van der Waals surface area (Å²) in [7, 11) is 3.07. The summed E-state index contributed by atoms with van der Waals surface area (Å²) in [6.45, 7) is 5.21. The van der Waals surface area contributed by atoms with Gasteiger partial charge in [0.2, 0.25) is 0 Å². The van der Waals surface area contributed by atoms with Crippen molar-refractivity contribution in [3.63, 3.8) is 0 Å². The minimum absolute atomic E-state index is 0. The van der Waals surface area contributed by atoms with E-state index in [0.717, 1.165) is 19.4 Å². The summed E-state index contributed by atoms with van der Waals surface area (Å²) in [6.07, 6.45) is 2.22. The Morgan fingerprint density at radius 2 is 2.14 bits per heavy atom. The number of hydrogen-bond acceptors (Lipinski definition) is 4. The van der Waals surface area contributed by atoms with Crippen LogP contribution in [0.3, 0.4) is 0 Å². The molecule has 0 aliphatic carbocycles. The molecule has 1 heterocycles. The van der Waals surface area contributed by atoms with Crippen LogP contribution in [-0.4, -0.2) is 32.6 Å². The van der Waals surface area contributed by atoms with Crippen LogP contribution in [-0.2, 0) is 11.3 Å². The molecule has 0 aliphatic heterocycles. The van der Waals surface area contributed by atoms with E-state index in [1.807, 2.05) is 0 Å².